The minimum Gasteiger partial charge on any atom is -0.345 e. The van der Waals surface area contributed by atoms with Crippen LogP contribution >= 0.6 is 0 Å². The lowest BCUT2D eigenvalue weighted by Gasteiger charge is -2.15. The van der Waals surface area contributed by atoms with Crippen LogP contribution in [0.4, 0.5) is 16.2 Å². The van der Waals surface area contributed by atoms with Gasteiger partial charge in [-0.1, -0.05) is 42.5 Å². The quantitative estimate of drug-likeness (QED) is 0.391. The van der Waals surface area contributed by atoms with Gasteiger partial charge in [-0.05, 0) is 42.8 Å². The van der Waals surface area contributed by atoms with Crippen molar-refractivity contribution >= 4 is 34.2 Å². The van der Waals surface area contributed by atoms with Crippen LogP contribution in [0.2, 0.25) is 0 Å². The van der Waals surface area contributed by atoms with E-state index in [0.29, 0.717) is 16.8 Å². The van der Waals surface area contributed by atoms with Crippen molar-refractivity contribution < 1.29 is 9.59 Å². The molecule has 1 aromatic heterocycles. The van der Waals surface area contributed by atoms with Crippen LogP contribution in [0.3, 0.4) is 0 Å². The van der Waals surface area contributed by atoms with Crippen molar-refractivity contribution in [2.24, 2.45) is 0 Å². The number of para-hydroxylation sites is 2. The number of urea groups is 1. The van der Waals surface area contributed by atoms with Crippen molar-refractivity contribution in [3.05, 3.63) is 90.1 Å². The van der Waals surface area contributed by atoms with Crippen LogP contribution in [0.5, 0.6) is 0 Å². The van der Waals surface area contributed by atoms with Crippen molar-refractivity contribution in [2.75, 3.05) is 10.6 Å². The number of hydrogen-bond acceptors (Lipinski definition) is 3. The van der Waals surface area contributed by atoms with Gasteiger partial charge in [0.15, 0.2) is 0 Å². The third-order valence-electron chi connectivity index (χ3n) is 4.77. The molecule has 0 aliphatic carbocycles. The molecule has 0 saturated heterocycles. The van der Waals surface area contributed by atoms with Crippen LogP contribution in [-0.2, 0) is 0 Å². The number of carbonyl (C=O) groups excluding carboxylic acids is 2. The predicted molar refractivity (Wildman–Crippen MR) is 118 cm³/mol. The maximum Gasteiger partial charge on any atom is 0.323 e. The minimum atomic E-state index is -0.317. The lowest BCUT2D eigenvalue weighted by molar-refractivity contribution is 0.0941. The summed E-state index contributed by atoms with van der Waals surface area (Å²) in [5.41, 5.74) is 3.57. The highest BCUT2D eigenvalue weighted by atomic mass is 16.2. The molecule has 7 nitrogen and oxygen atoms in total. The summed E-state index contributed by atoms with van der Waals surface area (Å²) in [6.07, 6.45) is 1.69. The maximum absolute atomic E-state index is 12.7. The topological polar surface area (TPSA) is 98.9 Å². The molecule has 0 saturated carbocycles. The molecule has 1 unspecified atom stereocenters. The predicted octanol–water partition coefficient (Wildman–Crippen LogP) is 4.70. The van der Waals surface area contributed by atoms with Gasteiger partial charge in [-0.3, -0.25) is 9.89 Å². The first-order valence-corrected chi connectivity index (χ1v) is 9.56. The zero-order valence-electron chi connectivity index (χ0n) is 16.3. The lowest BCUT2D eigenvalue weighted by Crippen LogP contribution is -2.27. The minimum absolute atomic E-state index is 0.179. The molecule has 30 heavy (non-hydrogen) atoms. The van der Waals surface area contributed by atoms with E-state index < -0.39 is 0 Å². The van der Waals surface area contributed by atoms with Gasteiger partial charge >= 0.3 is 6.03 Å². The lowest BCUT2D eigenvalue weighted by atomic mass is 10.1. The molecule has 0 radical (unpaired) electrons. The van der Waals surface area contributed by atoms with Gasteiger partial charge < -0.3 is 16.0 Å². The SMILES string of the molecule is CC(NC(=O)c1cccc2cn[nH]c12)c1ccc(NC(=O)Nc2ccccc2)cc1. The Hall–Kier alpha value is -4.13. The summed E-state index contributed by atoms with van der Waals surface area (Å²) >= 11 is 0. The first kappa shape index (κ1) is 19.2. The second-order valence-corrected chi connectivity index (χ2v) is 6.90. The van der Waals surface area contributed by atoms with Crippen molar-refractivity contribution in [1.29, 1.82) is 0 Å². The Labute approximate surface area is 173 Å². The average molecular weight is 399 g/mol. The number of carbonyl (C=O) groups is 2. The molecule has 4 aromatic rings. The van der Waals surface area contributed by atoms with Crippen molar-refractivity contribution in [3.63, 3.8) is 0 Å². The zero-order chi connectivity index (χ0) is 20.9. The summed E-state index contributed by atoms with van der Waals surface area (Å²) in [6.45, 7) is 1.91. The third-order valence-corrected chi connectivity index (χ3v) is 4.77. The molecule has 1 heterocycles. The molecule has 3 amide bonds. The highest BCUT2D eigenvalue weighted by Crippen LogP contribution is 2.19. The van der Waals surface area contributed by atoms with Gasteiger partial charge in [-0.25, -0.2) is 4.79 Å². The molecule has 0 bridgehead atoms. The maximum atomic E-state index is 12.7. The number of fused-ring (bicyclic) bond motifs is 1. The molecule has 3 aromatic carbocycles. The summed E-state index contributed by atoms with van der Waals surface area (Å²) in [5, 5.41) is 16.3. The number of nitrogens with one attached hydrogen (secondary N) is 4. The summed E-state index contributed by atoms with van der Waals surface area (Å²) in [5.74, 6) is -0.179. The van der Waals surface area contributed by atoms with E-state index in [1.54, 1.807) is 24.4 Å². The van der Waals surface area contributed by atoms with Gasteiger partial charge in [0.2, 0.25) is 0 Å². The van der Waals surface area contributed by atoms with Crippen LogP contribution in [0, 0.1) is 0 Å². The molecule has 0 aliphatic rings. The third kappa shape index (κ3) is 4.30. The molecule has 0 aliphatic heterocycles. The van der Waals surface area contributed by atoms with Crippen molar-refractivity contribution in [1.82, 2.24) is 15.5 Å². The molecule has 4 rings (SSSR count). The van der Waals surface area contributed by atoms with Crippen LogP contribution in [0.25, 0.3) is 10.9 Å². The van der Waals surface area contributed by atoms with E-state index in [-0.39, 0.29) is 18.0 Å². The summed E-state index contributed by atoms with van der Waals surface area (Å²) in [4.78, 5) is 24.8. The number of anilines is 2. The van der Waals surface area contributed by atoms with Gasteiger partial charge in [0.1, 0.15) is 0 Å². The Morgan fingerprint density at radius 1 is 0.867 bits per heavy atom. The smallest absolute Gasteiger partial charge is 0.323 e. The summed E-state index contributed by atoms with van der Waals surface area (Å²) < 4.78 is 0. The van der Waals surface area contributed by atoms with Crippen LogP contribution in [0.15, 0.2) is 79.0 Å². The molecule has 4 N–H and O–H groups in total. The van der Waals surface area contributed by atoms with Crippen molar-refractivity contribution in [2.45, 2.75) is 13.0 Å². The fraction of sp³-hybridized carbons (Fsp3) is 0.0870. The van der Waals surface area contributed by atoms with Gasteiger partial charge in [0.25, 0.3) is 5.91 Å². The van der Waals surface area contributed by atoms with E-state index in [4.69, 9.17) is 0 Å². The number of nitrogens with zero attached hydrogens (tertiary/aromatic N) is 1. The number of aromatic nitrogens is 2. The van der Waals surface area contributed by atoms with Crippen molar-refractivity contribution in [3.8, 4) is 0 Å². The van der Waals surface area contributed by atoms with E-state index in [2.05, 4.69) is 26.1 Å². The van der Waals surface area contributed by atoms with Gasteiger partial charge in [0.05, 0.1) is 23.3 Å². The Kier molecular flexibility index (Phi) is 5.43. The zero-order valence-corrected chi connectivity index (χ0v) is 16.3. The summed E-state index contributed by atoms with van der Waals surface area (Å²) in [6, 6.07) is 21.6. The summed E-state index contributed by atoms with van der Waals surface area (Å²) in [7, 11) is 0. The monoisotopic (exact) mass is 399 g/mol. The average Bonchev–Trinajstić information content (AvgIpc) is 3.23. The Morgan fingerprint density at radius 3 is 2.30 bits per heavy atom. The largest absolute Gasteiger partial charge is 0.345 e. The normalized spacial score (nSPS) is 11.6. The first-order chi connectivity index (χ1) is 14.6. The highest BCUT2D eigenvalue weighted by molar-refractivity contribution is 6.05. The standard InChI is InChI=1S/C23H21N5O2/c1-15(25-22(29)20-9-5-6-17-14-24-28-21(17)20)16-10-12-19(13-11-16)27-23(30)26-18-7-3-2-4-8-18/h2-15H,1H3,(H,24,28)(H,25,29)(H2,26,27,30). The Bertz CT molecular complexity index is 1170. The molecule has 0 fully saturated rings. The van der Waals surface area contributed by atoms with Gasteiger partial charge in [-0.2, -0.15) is 5.10 Å². The first-order valence-electron chi connectivity index (χ1n) is 9.56. The second kappa shape index (κ2) is 8.48. The van der Waals surface area contributed by atoms with Crippen LogP contribution in [0.1, 0.15) is 28.9 Å². The number of benzene rings is 3. The fourth-order valence-electron chi connectivity index (χ4n) is 3.19. The molecular formula is C23H21N5O2. The molecular weight excluding hydrogens is 378 g/mol. The number of aromatic amines is 1. The van der Waals surface area contributed by atoms with Crippen LogP contribution < -0.4 is 16.0 Å². The van der Waals surface area contributed by atoms with E-state index in [9.17, 15) is 9.59 Å². The Balaban J connectivity index is 1.38. The molecule has 150 valence electrons. The number of hydrogen-bond donors (Lipinski definition) is 4. The second-order valence-electron chi connectivity index (χ2n) is 6.90. The van der Waals surface area contributed by atoms with Gasteiger partial charge in [0, 0.05) is 16.8 Å². The molecule has 0 spiro atoms. The van der Waals surface area contributed by atoms with E-state index >= 15 is 0 Å². The fourth-order valence-corrected chi connectivity index (χ4v) is 3.19. The Morgan fingerprint density at radius 2 is 1.57 bits per heavy atom. The highest BCUT2D eigenvalue weighted by Gasteiger charge is 2.15. The molecule has 1 atom stereocenters. The van der Waals surface area contributed by atoms with E-state index in [1.165, 1.54) is 0 Å². The number of H-pyrrole nitrogens is 1. The van der Waals surface area contributed by atoms with E-state index in [0.717, 1.165) is 16.6 Å². The number of amides is 3. The van der Waals surface area contributed by atoms with Crippen LogP contribution in [-0.4, -0.2) is 22.1 Å². The van der Waals surface area contributed by atoms with E-state index in [1.807, 2.05) is 61.5 Å². The number of rotatable bonds is 5. The van der Waals surface area contributed by atoms with Gasteiger partial charge in [-0.15, -0.1) is 0 Å². The molecule has 7 heteroatoms.